The lowest BCUT2D eigenvalue weighted by Gasteiger charge is -2.05. The summed E-state index contributed by atoms with van der Waals surface area (Å²) in [6.07, 6.45) is 8.10. The third-order valence-corrected chi connectivity index (χ3v) is 10.3. The summed E-state index contributed by atoms with van der Waals surface area (Å²) in [5.41, 5.74) is 2.66. The molecular weight excluding hydrogens is 473 g/mol. The van der Waals surface area contributed by atoms with Crippen LogP contribution in [0.2, 0.25) is 0 Å². The Bertz CT molecular complexity index is 1160. The monoisotopic (exact) mass is 502 g/mol. The van der Waals surface area contributed by atoms with Gasteiger partial charge in [0.1, 0.15) is 0 Å². The fraction of sp³-hybridized carbons (Fsp3) is 0.346. The highest BCUT2D eigenvalue weighted by Gasteiger charge is 2.21. The SMILES string of the molecule is CCCCCCc1cc(C=O)sc1-c1sc(-c2ccc(C)s2)cc1-c1ccc(CC)s1.O. The Labute approximate surface area is 206 Å². The summed E-state index contributed by atoms with van der Waals surface area (Å²) < 4.78 is 0. The first-order chi connectivity index (χ1) is 15.1. The van der Waals surface area contributed by atoms with Crippen LogP contribution in [0.1, 0.15) is 64.5 Å². The van der Waals surface area contributed by atoms with E-state index in [9.17, 15) is 4.79 Å². The van der Waals surface area contributed by atoms with Crippen LogP contribution < -0.4 is 0 Å². The molecule has 0 aliphatic rings. The first-order valence-corrected chi connectivity index (χ1v) is 14.3. The van der Waals surface area contributed by atoms with Gasteiger partial charge in [-0.3, -0.25) is 4.79 Å². The summed E-state index contributed by atoms with van der Waals surface area (Å²) in [4.78, 5) is 21.8. The minimum absolute atomic E-state index is 0. The first-order valence-electron chi connectivity index (χ1n) is 11.0. The van der Waals surface area contributed by atoms with Crippen molar-refractivity contribution in [2.24, 2.45) is 0 Å². The highest BCUT2D eigenvalue weighted by Crippen LogP contribution is 2.49. The van der Waals surface area contributed by atoms with Crippen LogP contribution in [0.25, 0.3) is 29.9 Å². The largest absolute Gasteiger partial charge is 0.412 e. The quantitative estimate of drug-likeness (QED) is 0.158. The predicted octanol–water partition coefficient (Wildman–Crippen LogP) is 8.92. The van der Waals surface area contributed by atoms with Gasteiger partial charge in [0, 0.05) is 34.8 Å². The highest BCUT2D eigenvalue weighted by molar-refractivity contribution is 7.27. The van der Waals surface area contributed by atoms with E-state index in [-0.39, 0.29) is 5.48 Å². The van der Waals surface area contributed by atoms with Crippen molar-refractivity contribution >= 4 is 51.6 Å². The maximum absolute atomic E-state index is 11.6. The third kappa shape index (κ3) is 5.49. The molecule has 0 saturated heterocycles. The molecule has 4 rings (SSSR count). The van der Waals surface area contributed by atoms with E-state index in [1.807, 2.05) is 34.0 Å². The van der Waals surface area contributed by atoms with Crippen LogP contribution in [-0.2, 0) is 12.8 Å². The Morgan fingerprint density at radius 2 is 1.62 bits per heavy atom. The van der Waals surface area contributed by atoms with Gasteiger partial charge < -0.3 is 5.48 Å². The third-order valence-electron chi connectivity index (χ3n) is 5.44. The number of carbonyl (C=O) groups excluding carboxylic acids is 1. The normalized spacial score (nSPS) is 11.0. The van der Waals surface area contributed by atoms with Crippen molar-refractivity contribution in [3.05, 3.63) is 56.6 Å². The van der Waals surface area contributed by atoms with Crippen LogP contribution in [0.4, 0.5) is 0 Å². The predicted molar refractivity (Wildman–Crippen MR) is 145 cm³/mol. The Morgan fingerprint density at radius 3 is 2.28 bits per heavy atom. The smallest absolute Gasteiger partial charge is 0.160 e. The number of aryl methyl sites for hydroxylation is 3. The van der Waals surface area contributed by atoms with E-state index in [2.05, 4.69) is 57.2 Å². The zero-order chi connectivity index (χ0) is 21.8. The summed E-state index contributed by atoms with van der Waals surface area (Å²) in [5, 5.41) is 0. The molecule has 0 amide bonds. The summed E-state index contributed by atoms with van der Waals surface area (Å²) in [6, 6.07) is 13.5. The lowest BCUT2D eigenvalue weighted by atomic mass is 10.0. The maximum atomic E-state index is 11.6. The van der Waals surface area contributed by atoms with E-state index in [1.54, 1.807) is 11.3 Å². The van der Waals surface area contributed by atoms with Gasteiger partial charge in [0.25, 0.3) is 0 Å². The van der Waals surface area contributed by atoms with Crippen molar-refractivity contribution in [1.29, 1.82) is 0 Å². The van der Waals surface area contributed by atoms with Gasteiger partial charge in [0.2, 0.25) is 0 Å². The highest BCUT2D eigenvalue weighted by atomic mass is 32.1. The summed E-state index contributed by atoms with van der Waals surface area (Å²) in [6.45, 7) is 6.63. The lowest BCUT2D eigenvalue weighted by molar-refractivity contribution is 0.112. The molecule has 0 radical (unpaired) electrons. The zero-order valence-electron chi connectivity index (χ0n) is 18.8. The van der Waals surface area contributed by atoms with E-state index in [4.69, 9.17) is 0 Å². The molecule has 32 heavy (non-hydrogen) atoms. The number of hydrogen-bond acceptors (Lipinski definition) is 5. The van der Waals surface area contributed by atoms with E-state index < -0.39 is 0 Å². The molecule has 4 aromatic heterocycles. The molecule has 0 aromatic carbocycles. The molecule has 2 nitrogen and oxygen atoms in total. The number of unbranched alkanes of at least 4 members (excludes halogenated alkanes) is 3. The van der Waals surface area contributed by atoms with Gasteiger partial charge in [-0.1, -0.05) is 33.1 Å². The lowest BCUT2D eigenvalue weighted by Crippen LogP contribution is -1.86. The molecule has 0 saturated carbocycles. The first kappa shape index (κ1) is 25.1. The van der Waals surface area contributed by atoms with Crippen LogP contribution in [0.5, 0.6) is 0 Å². The van der Waals surface area contributed by atoms with Crippen molar-refractivity contribution in [3.63, 3.8) is 0 Å². The molecule has 4 heterocycles. The van der Waals surface area contributed by atoms with Gasteiger partial charge in [-0.25, -0.2) is 0 Å². The average Bonchev–Trinajstić information content (AvgIpc) is 3.55. The number of hydrogen-bond donors (Lipinski definition) is 0. The van der Waals surface area contributed by atoms with Crippen molar-refractivity contribution in [3.8, 4) is 29.9 Å². The topological polar surface area (TPSA) is 48.6 Å². The molecule has 0 aliphatic heterocycles. The van der Waals surface area contributed by atoms with Crippen molar-refractivity contribution in [1.82, 2.24) is 0 Å². The number of rotatable bonds is 10. The standard InChI is InChI=1S/C26H28OS4.H2O/c1-4-6-7-8-9-18-14-20(16-27)30-25(18)26-21(22-13-11-19(5-2)29-22)15-24(31-26)23-12-10-17(3)28-23;/h10-16H,4-9H2,1-3H3;1H2. The van der Waals surface area contributed by atoms with Gasteiger partial charge in [-0.2, -0.15) is 0 Å². The van der Waals surface area contributed by atoms with Crippen molar-refractivity contribution < 1.29 is 10.3 Å². The maximum Gasteiger partial charge on any atom is 0.160 e. The summed E-state index contributed by atoms with van der Waals surface area (Å²) in [7, 11) is 0. The van der Waals surface area contributed by atoms with Crippen molar-refractivity contribution in [2.75, 3.05) is 0 Å². The number of carbonyl (C=O) groups is 1. The molecule has 6 heteroatoms. The summed E-state index contributed by atoms with van der Waals surface area (Å²) in [5.74, 6) is 0. The molecule has 0 spiro atoms. The van der Waals surface area contributed by atoms with Gasteiger partial charge in [-0.15, -0.1) is 45.3 Å². The number of aldehydes is 1. The van der Waals surface area contributed by atoms with Gasteiger partial charge in [0.15, 0.2) is 6.29 Å². The van der Waals surface area contributed by atoms with E-state index in [1.165, 1.54) is 71.0 Å². The fourth-order valence-corrected chi connectivity index (χ4v) is 8.13. The molecule has 0 bridgehead atoms. The van der Waals surface area contributed by atoms with Crippen LogP contribution in [0.15, 0.2) is 36.4 Å². The molecule has 170 valence electrons. The van der Waals surface area contributed by atoms with Crippen LogP contribution in [0, 0.1) is 6.92 Å². The Kier molecular flexibility index (Phi) is 9.03. The molecule has 0 unspecified atom stereocenters. The second-order valence-electron chi connectivity index (χ2n) is 7.81. The van der Waals surface area contributed by atoms with Gasteiger partial charge >= 0.3 is 0 Å². The molecule has 4 aromatic rings. The molecular formula is C26H30O2S4. The Balaban J connectivity index is 0.00000289. The Hall–Kier alpha value is -1.57. The molecule has 0 fully saturated rings. The Morgan fingerprint density at radius 1 is 0.812 bits per heavy atom. The van der Waals surface area contributed by atoms with Gasteiger partial charge in [-0.05, 0) is 68.1 Å². The van der Waals surface area contributed by atoms with E-state index in [0.29, 0.717) is 0 Å². The fourth-order valence-electron chi connectivity index (χ4n) is 3.77. The van der Waals surface area contributed by atoms with Gasteiger partial charge in [0.05, 0.1) is 9.75 Å². The van der Waals surface area contributed by atoms with Crippen LogP contribution in [-0.4, -0.2) is 11.8 Å². The molecule has 0 aliphatic carbocycles. The molecule has 0 atom stereocenters. The number of thiophene rings is 4. The minimum atomic E-state index is 0. The average molecular weight is 503 g/mol. The molecule has 2 N–H and O–H groups in total. The van der Waals surface area contributed by atoms with E-state index >= 15 is 0 Å². The van der Waals surface area contributed by atoms with Crippen LogP contribution >= 0.6 is 45.3 Å². The summed E-state index contributed by atoms with van der Waals surface area (Å²) >= 11 is 7.30. The second kappa shape index (κ2) is 11.5. The minimum Gasteiger partial charge on any atom is -0.412 e. The second-order valence-corrected chi connectivity index (χ2v) is 12.4. The zero-order valence-corrected chi connectivity index (χ0v) is 22.1. The van der Waals surface area contributed by atoms with Crippen LogP contribution in [0.3, 0.4) is 0 Å². The van der Waals surface area contributed by atoms with E-state index in [0.717, 1.165) is 24.0 Å². The van der Waals surface area contributed by atoms with Crippen molar-refractivity contribution in [2.45, 2.75) is 59.3 Å².